The topological polar surface area (TPSA) is 57.2 Å². The van der Waals surface area contributed by atoms with Crippen molar-refractivity contribution in [3.8, 4) is 0 Å². The largest absolute Gasteiger partial charge is 0.744 e. The summed E-state index contributed by atoms with van der Waals surface area (Å²) >= 11 is 0. The number of fused-ring (bicyclic) bond motifs is 2. The average molecular weight is 388 g/mol. The molecule has 0 fully saturated rings. The summed E-state index contributed by atoms with van der Waals surface area (Å²) < 4.78 is 34.2. The minimum absolute atomic E-state index is 0.190. The van der Waals surface area contributed by atoms with Crippen LogP contribution in [0, 0.1) is 0 Å². The van der Waals surface area contributed by atoms with Crippen LogP contribution >= 0.6 is 0 Å². The van der Waals surface area contributed by atoms with E-state index in [-0.39, 0.29) is 4.90 Å². The minimum atomic E-state index is -4.40. The van der Waals surface area contributed by atoms with Gasteiger partial charge in [-0.2, -0.15) is 0 Å². The van der Waals surface area contributed by atoms with Crippen molar-refractivity contribution < 1.29 is 17.5 Å². The Labute approximate surface area is 162 Å². The van der Waals surface area contributed by atoms with Crippen LogP contribution in [0.15, 0.2) is 59.5 Å². The van der Waals surface area contributed by atoms with E-state index >= 15 is 0 Å². The number of hydrogen-bond donors (Lipinski definition) is 0. The first-order valence-corrected chi connectivity index (χ1v) is 10.9. The van der Waals surface area contributed by atoms with E-state index in [0.717, 1.165) is 21.5 Å². The van der Waals surface area contributed by atoms with Crippen LogP contribution in [0.3, 0.4) is 0 Å². The van der Waals surface area contributed by atoms with Crippen LogP contribution in [0.1, 0.15) is 27.7 Å². The summed E-state index contributed by atoms with van der Waals surface area (Å²) in [5.41, 5.74) is 0. The molecule has 3 rings (SSSR count). The lowest BCUT2D eigenvalue weighted by atomic mass is 10.0. The fraction of sp³-hybridized carbons (Fsp3) is 0.364. The Morgan fingerprint density at radius 2 is 1.15 bits per heavy atom. The molecule has 0 saturated heterocycles. The first-order valence-electron chi connectivity index (χ1n) is 9.52. The Morgan fingerprint density at radius 3 is 1.56 bits per heavy atom. The van der Waals surface area contributed by atoms with Crippen LogP contribution in [-0.2, 0) is 10.1 Å². The van der Waals surface area contributed by atoms with Crippen molar-refractivity contribution >= 4 is 31.7 Å². The zero-order valence-electron chi connectivity index (χ0n) is 16.6. The highest BCUT2D eigenvalue weighted by molar-refractivity contribution is 7.85. The van der Waals surface area contributed by atoms with E-state index in [1.807, 2.05) is 36.4 Å². The van der Waals surface area contributed by atoms with Gasteiger partial charge in [-0.1, -0.05) is 30.3 Å². The van der Waals surface area contributed by atoms with Crippen LogP contribution in [0.4, 0.5) is 0 Å². The standard InChI is InChI=1S/C14H10O3S.C8H20N/c15-18(16,17)14-6-5-12-7-10-3-1-2-4-11(10)8-13(12)9-14;1-5-9(6-2,7-3)8-4/h1-9H,(H,15,16,17);5-8H2,1-4H3/q;+1/p-1. The highest BCUT2D eigenvalue weighted by Crippen LogP contribution is 2.25. The monoisotopic (exact) mass is 387 g/mol. The normalized spacial score (nSPS) is 12.0. The molecule has 0 N–H and O–H groups in total. The number of quaternary nitrogens is 1. The summed E-state index contributed by atoms with van der Waals surface area (Å²) in [7, 11) is -4.40. The molecular formula is C22H29NO3S. The van der Waals surface area contributed by atoms with Crippen molar-refractivity contribution in [2.24, 2.45) is 0 Å². The van der Waals surface area contributed by atoms with Gasteiger partial charge in [-0.25, -0.2) is 8.42 Å². The second kappa shape index (κ2) is 8.83. The van der Waals surface area contributed by atoms with Crippen molar-refractivity contribution in [3.63, 3.8) is 0 Å². The molecule has 0 amide bonds. The molecule has 0 aliphatic heterocycles. The third kappa shape index (κ3) is 5.06. The average Bonchev–Trinajstić information content (AvgIpc) is 2.68. The third-order valence-electron chi connectivity index (χ3n) is 5.65. The maximum absolute atomic E-state index is 11.0. The molecule has 3 aromatic carbocycles. The maximum atomic E-state index is 11.0. The van der Waals surface area contributed by atoms with Crippen LogP contribution in [0.25, 0.3) is 21.5 Å². The van der Waals surface area contributed by atoms with E-state index in [1.165, 1.54) is 42.8 Å². The molecule has 4 nitrogen and oxygen atoms in total. The number of benzene rings is 3. The Morgan fingerprint density at radius 1 is 0.704 bits per heavy atom. The molecule has 0 aliphatic rings. The predicted molar refractivity (Wildman–Crippen MR) is 112 cm³/mol. The molecule has 0 spiro atoms. The van der Waals surface area contributed by atoms with Crippen molar-refractivity contribution in [2.45, 2.75) is 32.6 Å². The molecule has 27 heavy (non-hydrogen) atoms. The molecule has 0 bridgehead atoms. The van der Waals surface area contributed by atoms with Crippen LogP contribution in [-0.4, -0.2) is 43.6 Å². The number of rotatable bonds is 5. The van der Waals surface area contributed by atoms with Crippen molar-refractivity contribution in [3.05, 3.63) is 54.6 Å². The van der Waals surface area contributed by atoms with E-state index in [1.54, 1.807) is 6.07 Å². The van der Waals surface area contributed by atoms with Crippen molar-refractivity contribution in [2.75, 3.05) is 26.2 Å². The highest BCUT2D eigenvalue weighted by atomic mass is 32.2. The van der Waals surface area contributed by atoms with Gasteiger partial charge in [0.1, 0.15) is 10.1 Å². The van der Waals surface area contributed by atoms with Gasteiger partial charge in [0.2, 0.25) is 0 Å². The van der Waals surface area contributed by atoms with Crippen molar-refractivity contribution in [1.29, 1.82) is 0 Å². The summed E-state index contributed by atoms with van der Waals surface area (Å²) in [4.78, 5) is -0.190. The second-order valence-corrected chi connectivity index (χ2v) is 8.15. The summed E-state index contributed by atoms with van der Waals surface area (Å²) in [6, 6.07) is 16.1. The molecule has 0 aromatic heterocycles. The predicted octanol–water partition coefficient (Wildman–Crippen LogP) is 4.78. The molecule has 5 heteroatoms. The van der Waals surface area contributed by atoms with E-state index in [4.69, 9.17) is 0 Å². The third-order valence-corrected chi connectivity index (χ3v) is 6.48. The van der Waals surface area contributed by atoms with Gasteiger partial charge in [-0.05, 0) is 73.5 Å². The van der Waals surface area contributed by atoms with E-state index in [0.29, 0.717) is 0 Å². The van der Waals surface area contributed by atoms with Crippen molar-refractivity contribution in [1.82, 2.24) is 0 Å². The summed E-state index contributed by atoms with van der Waals surface area (Å²) in [5, 5.41) is 3.78. The molecular weight excluding hydrogens is 358 g/mol. The Balaban J connectivity index is 0.000000249. The molecule has 3 aromatic rings. The first-order chi connectivity index (χ1) is 12.8. The lowest BCUT2D eigenvalue weighted by molar-refractivity contribution is -0.921. The van der Waals surface area contributed by atoms with Gasteiger partial charge in [0.25, 0.3) is 0 Å². The molecule has 0 aliphatic carbocycles. The van der Waals surface area contributed by atoms with Crippen LogP contribution in [0.5, 0.6) is 0 Å². The quantitative estimate of drug-likeness (QED) is 0.360. The fourth-order valence-corrected chi connectivity index (χ4v) is 3.92. The van der Waals surface area contributed by atoms with E-state index in [9.17, 15) is 13.0 Å². The Kier molecular flexibility index (Phi) is 6.98. The zero-order valence-corrected chi connectivity index (χ0v) is 17.4. The Bertz CT molecular complexity index is 991. The van der Waals surface area contributed by atoms with Gasteiger partial charge in [0.15, 0.2) is 0 Å². The Hall–Kier alpha value is -1.95. The van der Waals surface area contributed by atoms with E-state index < -0.39 is 10.1 Å². The molecule has 0 unspecified atom stereocenters. The maximum Gasteiger partial charge on any atom is 0.124 e. The molecule has 146 valence electrons. The van der Waals surface area contributed by atoms with Gasteiger partial charge in [0, 0.05) is 0 Å². The second-order valence-electron chi connectivity index (χ2n) is 6.77. The molecule has 0 saturated carbocycles. The van der Waals surface area contributed by atoms with Gasteiger partial charge < -0.3 is 9.04 Å². The molecule has 0 radical (unpaired) electrons. The minimum Gasteiger partial charge on any atom is -0.744 e. The molecule has 0 heterocycles. The first kappa shape index (κ1) is 21.4. The SMILES string of the molecule is CC[N+](CC)(CC)CC.O=S(=O)([O-])c1ccc2cc3ccccc3cc2c1. The lowest BCUT2D eigenvalue weighted by Crippen LogP contribution is -2.47. The van der Waals surface area contributed by atoms with E-state index in [2.05, 4.69) is 27.7 Å². The fourth-order valence-electron chi connectivity index (χ4n) is 3.42. The lowest BCUT2D eigenvalue weighted by Gasteiger charge is -2.34. The van der Waals surface area contributed by atoms with Gasteiger partial charge in [0.05, 0.1) is 31.1 Å². The van der Waals surface area contributed by atoms with Crippen LogP contribution in [0.2, 0.25) is 0 Å². The van der Waals surface area contributed by atoms with Gasteiger partial charge in [-0.15, -0.1) is 0 Å². The number of hydrogen-bond acceptors (Lipinski definition) is 3. The number of nitrogens with zero attached hydrogens (tertiary/aromatic N) is 1. The highest BCUT2D eigenvalue weighted by Gasteiger charge is 2.16. The van der Waals surface area contributed by atoms with Gasteiger partial charge >= 0.3 is 0 Å². The summed E-state index contributed by atoms with van der Waals surface area (Å²) in [6.45, 7) is 14.2. The summed E-state index contributed by atoms with van der Waals surface area (Å²) in [6.07, 6.45) is 0. The smallest absolute Gasteiger partial charge is 0.124 e. The zero-order chi connectivity index (χ0) is 20.1. The molecule has 0 atom stereocenters. The van der Waals surface area contributed by atoms with Gasteiger partial charge in [-0.3, -0.25) is 0 Å². The summed E-state index contributed by atoms with van der Waals surface area (Å²) in [5.74, 6) is 0. The van der Waals surface area contributed by atoms with Crippen LogP contribution < -0.4 is 0 Å².